The summed E-state index contributed by atoms with van der Waals surface area (Å²) in [6.45, 7) is 2.15. The number of carboxylic acids is 2. The molecule has 0 amide bonds. The molecule has 3 aromatic rings. The number of carbonyl (C=O) groups is 2. The zero-order valence-corrected chi connectivity index (χ0v) is 19.8. The van der Waals surface area contributed by atoms with Gasteiger partial charge in [-0.3, -0.25) is 10.3 Å². The molecule has 1 aliphatic rings. The molecule has 34 heavy (non-hydrogen) atoms. The van der Waals surface area contributed by atoms with Gasteiger partial charge in [-0.25, -0.2) is 9.59 Å². The molecule has 0 saturated heterocycles. The minimum atomic E-state index is -0.946. The number of hydrogen-bond donors (Lipinski definition) is 3. The minimum Gasteiger partial charge on any atom is -0.478 e. The molecule has 0 radical (unpaired) electrons. The van der Waals surface area contributed by atoms with Gasteiger partial charge in [-0.1, -0.05) is 62.2 Å². The third-order valence-corrected chi connectivity index (χ3v) is 7.47. The van der Waals surface area contributed by atoms with Crippen molar-refractivity contribution in [2.75, 3.05) is 5.75 Å². The molecule has 0 aliphatic carbocycles. The summed E-state index contributed by atoms with van der Waals surface area (Å²) >= 11 is 1.50. The second-order valence-electron chi connectivity index (χ2n) is 8.63. The number of aliphatic imine (C=N–C) groups is 1. The zero-order chi connectivity index (χ0) is 24.1. The molecule has 0 spiro atoms. The van der Waals surface area contributed by atoms with Crippen molar-refractivity contribution in [2.45, 2.75) is 49.2 Å². The van der Waals surface area contributed by atoms with Crippen LogP contribution in [0.15, 0.2) is 70.6 Å². The Morgan fingerprint density at radius 1 is 0.971 bits per heavy atom. The Balaban J connectivity index is 1.67. The fourth-order valence-corrected chi connectivity index (χ4v) is 5.59. The van der Waals surface area contributed by atoms with Crippen LogP contribution in [0.5, 0.6) is 0 Å². The van der Waals surface area contributed by atoms with Crippen LogP contribution >= 0.6 is 11.8 Å². The molecular weight excluding hydrogens is 448 g/mol. The number of unbranched alkanes of at least 4 members (excludes halogenated alkanes) is 1. The lowest BCUT2D eigenvalue weighted by molar-refractivity contribution is 0.0685. The van der Waals surface area contributed by atoms with Gasteiger partial charge in [-0.15, -0.1) is 11.8 Å². The summed E-state index contributed by atoms with van der Waals surface area (Å²) < 4.78 is 0. The monoisotopic (exact) mass is 476 g/mol. The van der Waals surface area contributed by atoms with Gasteiger partial charge in [0.2, 0.25) is 0 Å². The van der Waals surface area contributed by atoms with Crippen LogP contribution in [0, 0.1) is 0 Å². The Bertz CT molecular complexity index is 1240. The van der Waals surface area contributed by atoms with Crippen molar-refractivity contribution in [3.8, 4) is 0 Å². The summed E-state index contributed by atoms with van der Waals surface area (Å²) in [5, 5.41) is 24.5. The molecule has 0 saturated carbocycles. The molecule has 3 aromatic carbocycles. The highest BCUT2D eigenvalue weighted by atomic mass is 32.2. The number of nitrogens with one attached hydrogen (secondary N) is 1. The number of hydrogen-bond acceptors (Lipinski definition) is 5. The highest BCUT2D eigenvalue weighted by Gasteiger charge is 2.36. The van der Waals surface area contributed by atoms with Gasteiger partial charge in [0.15, 0.2) is 0 Å². The second-order valence-corrected chi connectivity index (χ2v) is 9.64. The molecule has 1 heterocycles. The van der Waals surface area contributed by atoms with Crippen LogP contribution in [0.25, 0.3) is 10.8 Å². The number of benzene rings is 3. The smallest absolute Gasteiger partial charge is 0.336 e. The molecule has 176 valence electrons. The average molecular weight is 477 g/mol. The van der Waals surface area contributed by atoms with Crippen molar-refractivity contribution < 1.29 is 19.8 Å². The van der Waals surface area contributed by atoms with E-state index < -0.39 is 17.5 Å². The van der Waals surface area contributed by atoms with E-state index >= 15 is 0 Å². The average Bonchev–Trinajstić information content (AvgIpc) is 3.24. The molecule has 1 aliphatic heterocycles. The van der Waals surface area contributed by atoms with Crippen molar-refractivity contribution >= 4 is 40.7 Å². The van der Waals surface area contributed by atoms with Crippen LogP contribution in [-0.2, 0) is 6.42 Å². The van der Waals surface area contributed by atoms with E-state index in [1.54, 1.807) is 18.2 Å². The molecule has 0 bridgehead atoms. The van der Waals surface area contributed by atoms with E-state index in [2.05, 4.69) is 12.2 Å². The summed E-state index contributed by atoms with van der Waals surface area (Å²) in [6, 6.07) is 18.2. The van der Waals surface area contributed by atoms with Crippen molar-refractivity contribution in [1.82, 2.24) is 5.32 Å². The van der Waals surface area contributed by atoms with E-state index in [-0.39, 0.29) is 17.3 Å². The maximum Gasteiger partial charge on any atom is 0.336 e. The van der Waals surface area contributed by atoms with Gasteiger partial charge in [0.25, 0.3) is 0 Å². The van der Waals surface area contributed by atoms with Gasteiger partial charge in [0, 0.05) is 16.9 Å². The Kier molecular flexibility index (Phi) is 7.34. The lowest BCUT2D eigenvalue weighted by atomic mass is 9.89. The van der Waals surface area contributed by atoms with E-state index in [9.17, 15) is 19.8 Å². The van der Waals surface area contributed by atoms with Gasteiger partial charge in [0.1, 0.15) is 0 Å². The second kappa shape index (κ2) is 10.4. The lowest BCUT2D eigenvalue weighted by Crippen LogP contribution is -2.50. The van der Waals surface area contributed by atoms with Gasteiger partial charge < -0.3 is 10.2 Å². The van der Waals surface area contributed by atoms with E-state index in [4.69, 9.17) is 4.99 Å². The third kappa shape index (κ3) is 5.16. The largest absolute Gasteiger partial charge is 0.478 e. The predicted molar refractivity (Wildman–Crippen MR) is 136 cm³/mol. The van der Waals surface area contributed by atoms with Gasteiger partial charge in [-0.2, -0.15) is 0 Å². The van der Waals surface area contributed by atoms with E-state index in [0.717, 1.165) is 30.2 Å². The summed E-state index contributed by atoms with van der Waals surface area (Å²) in [5.41, 5.74) is 1.12. The molecule has 0 fully saturated rings. The fraction of sp³-hybridized carbons (Fsp3) is 0.296. The lowest BCUT2D eigenvalue weighted by Gasteiger charge is -2.29. The first kappa shape index (κ1) is 24.0. The molecule has 0 aromatic heterocycles. The normalized spacial score (nSPS) is 19.5. The summed E-state index contributed by atoms with van der Waals surface area (Å²) in [7, 11) is 0. The standard InChI is InChI=1S/C27H28N2O4S/c1-2-3-12-24-28-16-27(29-24,17-34-23-11-7-6-10-22(23)26(32)33)15-18-13-14-21(25(30)31)20-9-5-4-8-19(18)20/h4-11,13-14,16,24,29H,2-3,12,15,17H2,1H3,(H,30,31)(H,32,33). The predicted octanol–water partition coefficient (Wildman–Crippen LogP) is 5.50. The first-order valence-corrected chi connectivity index (χ1v) is 12.4. The number of carboxylic acid groups (broad SMARTS) is 2. The highest BCUT2D eigenvalue weighted by molar-refractivity contribution is 7.99. The molecular formula is C27H28N2O4S. The van der Waals surface area contributed by atoms with Crippen LogP contribution in [0.4, 0.5) is 0 Å². The topological polar surface area (TPSA) is 99.0 Å². The van der Waals surface area contributed by atoms with Crippen LogP contribution in [0.1, 0.15) is 52.5 Å². The van der Waals surface area contributed by atoms with Gasteiger partial charge in [-0.05, 0) is 47.4 Å². The molecule has 6 nitrogen and oxygen atoms in total. The molecule has 7 heteroatoms. The number of rotatable bonds is 10. The summed E-state index contributed by atoms with van der Waals surface area (Å²) in [4.78, 5) is 28.9. The van der Waals surface area contributed by atoms with Crippen molar-refractivity contribution in [3.63, 3.8) is 0 Å². The number of nitrogens with zero attached hydrogens (tertiary/aromatic N) is 1. The van der Waals surface area contributed by atoms with E-state index in [1.807, 2.05) is 48.7 Å². The van der Waals surface area contributed by atoms with Crippen molar-refractivity contribution in [3.05, 3.63) is 77.4 Å². The first-order valence-electron chi connectivity index (χ1n) is 11.4. The van der Waals surface area contributed by atoms with E-state index in [1.165, 1.54) is 11.8 Å². The Hall–Kier alpha value is -3.16. The van der Waals surface area contributed by atoms with Gasteiger partial charge in [0.05, 0.1) is 22.8 Å². The Morgan fingerprint density at radius 3 is 2.41 bits per heavy atom. The number of thioether (sulfide) groups is 1. The summed E-state index contributed by atoms with van der Waals surface area (Å²) in [5.74, 6) is -1.29. The zero-order valence-electron chi connectivity index (χ0n) is 19.0. The third-order valence-electron chi connectivity index (χ3n) is 6.14. The van der Waals surface area contributed by atoms with Crippen LogP contribution in [-0.4, -0.2) is 45.8 Å². The first-order chi connectivity index (χ1) is 16.4. The minimum absolute atomic E-state index is 0.0137. The van der Waals surface area contributed by atoms with Crippen LogP contribution in [0.2, 0.25) is 0 Å². The van der Waals surface area contributed by atoms with Crippen LogP contribution < -0.4 is 5.32 Å². The Morgan fingerprint density at radius 2 is 1.68 bits per heavy atom. The quantitative estimate of drug-likeness (QED) is 0.334. The molecule has 2 unspecified atom stereocenters. The SMILES string of the molecule is CCCCC1N=CC(CSc2ccccc2C(=O)O)(Cc2ccc(C(=O)O)c3ccccc23)N1. The molecule has 2 atom stereocenters. The van der Waals surface area contributed by atoms with Crippen LogP contribution in [0.3, 0.4) is 0 Å². The van der Waals surface area contributed by atoms with Crippen molar-refractivity contribution in [2.24, 2.45) is 4.99 Å². The Labute approximate surface area is 203 Å². The van der Waals surface area contributed by atoms with Gasteiger partial charge >= 0.3 is 11.9 Å². The number of aromatic carboxylic acids is 2. The maximum atomic E-state index is 11.7. The molecule has 3 N–H and O–H groups in total. The molecule has 4 rings (SSSR count). The van der Waals surface area contributed by atoms with E-state index in [0.29, 0.717) is 22.5 Å². The number of fused-ring (bicyclic) bond motifs is 1. The summed E-state index contributed by atoms with van der Waals surface area (Å²) in [6.07, 6.45) is 5.69. The highest BCUT2D eigenvalue weighted by Crippen LogP contribution is 2.32. The fourth-order valence-electron chi connectivity index (χ4n) is 4.43. The maximum absolute atomic E-state index is 11.7. The van der Waals surface area contributed by atoms with Crippen molar-refractivity contribution in [1.29, 1.82) is 0 Å².